The number of carboxylic acids is 2. The molecule has 52 heavy (non-hydrogen) atoms. The molecule has 3 aliphatic carbocycles. The minimum atomic E-state index is -4.63. The number of hydrogen-bond acceptors (Lipinski definition) is 11. The number of carbonyl (C=O) groups excluding carboxylic acids is 2. The second kappa shape index (κ2) is 14.5. The van der Waals surface area contributed by atoms with E-state index in [4.69, 9.17) is 24.2 Å². The number of hydrogen-bond donors (Lipinski definition) is 6. The quantitative estimate of drug-likeness (QED) is 0.0676. The van der Waals surface area contributed by atoms with Crippen molar-refractivity contribution in [3.8, 4) is 11.5 Å². The Balaban J connectivity index is 0.000000179. The number of amides is 1. The van der Waals surface area contributed by atoms with Crippen molar-refractivity contribution in [1.29, 1.82) is 0 Å². The highest BCUT2D eigenvalue weighted by atomic mass is 31.2. The van der Waals surface area contributed by atoms with E-state index in [9.17, 15) is 33.5 Å². The number of likely N-dealkylation sites (N-methyl/N-ethyl adjacent to an activating group) is 1. The van der Waals surface area contributed by atoms with Crippen LogP contribution < -0.4 is 20.2 Å². The summed E-state index contributed by atoms with van der Waals surface area (Å²) in [5, 5.41) is 23.9. The third-order valence-electron chi connectivity index (χ3n) is 9.87. The number of carboxylic acid groups (broad SMARTS) is 2. The zero-order valence-corrected chi connectivity index (χ0v) is 29.0. The summed E-state index contributed by atoms with van der Waals surface area (Å²) in [5.74, 6) is -1.72. The van der Waals surface area contributed by atoms with Gasteiger partial charge < -0.3 is 39.7 Å². The van der Waals surface area contributed by atoms with Crippen LogP contribution in [-0.2, 0) is 35.3 Å². The number of likely N-dealkylation sites (tertiary alicyclic amines) is 1. The SMILES string of the molecule is COc1ccc2c3c1O[C@H]1[C@@H](OP(=O)(O)O)C=C[C@H]4[C@@H](C2)N(C)CC[C@@]341.O=C(O)CCNC(=O)c1ccc(N/N=C2/C=CC(=O)C(C(=O)O)=C2)cc1. The van der Waals surface area contributed by atoms with Gasteiger partial charge in [-0.25, -0.2) is 9.36 Å². The third kappa shape index (κ3) is 7.16. The molecule has 1 amide bonds. The van der Waals surface area contributed by atoms with Crippen molar-refractivity contribution in [3.05, 3.63) is 89.0 Å². The highest BCUT2D eigenvalue weighted by Gasteiger charge is 2.65. The van der Waals surface area contributed by atoms with E-state index in [1.54, 1.807) is 25.3 Å². The number of hydrazone groups is 1. The molecule has 17 heteroatoms. The van der Waals surface area contributed by atoms with Gasteiger partial charge in [-0.2, -0.15) is 5.10 Å². The van der Waals surface area contributed by atoms with Crippen LogP contribution in [0.3, 0.4) is 0 Å². The van der Waals surface area contributed by atoms with Gasteiger partial charge in [0.15, 0.2) is 17.3 Å². The van der Waals surface area contributed by atoms with Crippen molar-refractivity contribution in [2.45, 2.75) is 42.9 Å². The zero-order chi connectivity index (χ0) is 37.4. The molecule has 1 spiro atoms. The average molecular weight is 737 g/mol. The van der Waals surface area contributed by atoms with Gasteiger partial charge in [0.05, 0.1) is 24.9 Å². The first-order chi connectivity index (χ1) is 24.7. The Morgan fingerprint density at radius 3 is 2.52 bits per heavy atom. The Kier molecular flexibility index (Phi) is 10.2. The number of aliphatic carboxylic acids is 2. The molecule has 0 aromatic heterocycles. The molecule has 6 N–H and O–H groups in total. The van der Waals surface area contributed by atoms with E-state index in [2.05, 4.69) is 39.9 Å². The normalized spacial score (nSPS) is 26.0. The number of piperidine rings is 1. The van der Waals surface area contributed by atoms with Gasteiger partial charge in [0.25, 0.3) is 5.91 Å². The van der Waals surface area contributed by atoms with Gasteiger partial charge in [-0.1, -0.05) is 18.2 Å². The third-order valence-corrected chi connectivity index (χ3v) is 10.4. The zero-order valence-electron chi connectivity index (χ0n) is 28.1. The lowest BCUT2D eigenvalue weighted by Crippen LogP contribution is -2.65. The van der Waals surface area contributed by atoms with Crippen LogP contribution in [0.2, 0.25) is 0 Å². The van der Waals surface area contributed by atoms with Gasteiger partial charge >= 0.3 is 19.8 Å². The second-order valence-electron chi connectivity index (χ2n) is 12.9. The largest absolute Gasteiger partial charge is 0.493 e. The number of allylic oxidation sites excluding steroid dienone is 3. The van der Waals surface area contributed by atoms with E-state index in [0.717, 1.165) is 37.1 Å². The molecule has 2 heterocycles. The molecule has 274 valence electrons. The molecule has 2 aliphatic heterocycles. The van der Waals surface area contributed by atoms with Gasteiger partial charge in [0.2, 0.25) is 0 Å². The maximum absolute atomic E-state index is 11.8. The van der Waals surface area contributed by atoms with Gasteiger partial charge in [-0.3, -0.25) is 24.3 Å². The Hall–Kier alpha value is -5.12. The Morgan fingerprint density at radius 2 is 1.85 bits per heavy atom. The molecule has 16 nitrogen and oxygen atoms in total. The number of rotatable bonds is 10. The highest BCUT2D eigenvalue weighted by molar-refractivity contribution is 7.46. The number of benzene rings is 2. The first kappa shape index (κ1) is 36.7. The van der Waals surface area contributed by atoms with Crippen LogP contribution in [0.25, 0.3) is 0 Å². The van der Waals surface area contributed by atoms with Crippen molar-refractivity contribution in [1.82, 2.24) is 10.2 Å². The molecule has 5 aliphatic rings. The van der Waals surface area contributed by atoms with Crippen LogP contribution in [0.15, 0.2) is 77.5 Å². The number of anilines is 1. The lowest BCUT2D eigenvalue weighted by molar-refractivity contribution is -0.137. The van der Waals surface area contributed by atoms with Crippen molar-refractivity contribution < 1.29 is 57.7 Å². The summed E-state index contributed by atoms with van der Waals surface area (Å²) in [7, 11) is -0.879. The van der Waals surface area contributed by atoms with E-state index in [1.807, 2.05) is 6.07 Å². The Morgan fingerprint density at radius 1 is 1.10 bits per heavy atom. The van der Waals surface area contributed by atoms with Crippen molar-refractivity contribution in [2.24, 2.45) is 11.0 Å². The summed E-state index contributed by atoms with van der Waals surface area (Å²) in [6.45, 7) is 0.943. The van der Waals surface area contributed by atoms with Gasteiger partial charge in [0, 0.05) is 35.0 Å². The summed E-state index contributed by atoms with van der Waals surface area (Å²) < 4.78 is 28.5. The Bertz CT molecular complexity index is 1970. The minimum Gasteiger partial charge on any atom is -0.493 e. The smallest absolute Gasteiger partial charge is 0.470 e. The first-order valence-corrected chi connectivity index (χ1v) is 17.9. The molecule has 1 saturated heterocycles. The maximum Gasteiger partial charge on any atom is 0.470 e. The van der Waals surface area contributed by atoms with Gasteiger partial charge in [0.1, 0.15) is 17.8 Å². The van der Waals surface area contributed by atoms with E-state index in [0.29, 0.717) is 28.8 Å². The van der Waals surface area contributed by atoms with Crippen molar-refractivity contribution in [3.63, 3.8) is 0 Å². The molecule has 0 unspecified atom stereocenters. The maximum atomic E-state index is 11.8. The van der Waals surface area contributed by atoms with Crippen molar-refractivity contribution >= 4 is 42.9 Å². The fraction of sp³-hybridized carbons (Fsp3) is 0.343. The van der Waals surface area contributed by atoms with Crippen LogP contribution in [0.5, 0.6) is 11.5 Å². The van der Waals surface area contributed by atoms with E-state index >= 15 is 0 Å². The van der Waals surface area contributed by atoms with E-state index < -0.39 is 43.7 Å². The number of ketones is 1. The molecule has 2 bridgehead atoms. The van der Waals surface area contributed by atoms with Crippen LogP contribution in [0.4, 0.5) is 5.69 Å². The fourth-order valence-electron chi connectivity index (χ4n) is 7.58. The standard InChI is InChI=1S/C18H22NO6P.C17H15N3O6/c1-19-8-7-18-11-4-6-14(25-26(20,21)22)17(18)24-16-13(23-2)5-3-10(15(16)18)9-12(11)19;21-14-6-5-12(9-13(14)17(25)26)20-19-11-3-1-10(2-4-11)16(24)18-8-7-15(22)23/h3-6,11-12,14,17H,7-9H2,1-2H3,(H2,20,21,22);1-6,9,19H,7-8H2,(H,18,24)(H,22,23)(H,25,26)/b;20-12-/t11-,12+,14-,17-,18-;/m0./s1. The van der Waals surface area contributed by atoms with Gasteiger partial charge in [-0.15, -0.1) is 0 Å². The molecular weight excluding hydrogens is 699 g/mol. The lowest BCUT2D eigenvalue weighted by Gasteiger charge is -2.56. The van der Waals surface area contributed by atoms with E-state index in [-0.39, 0.29) is 35.6 Å². The molecule has 5 atom stereocenters. The molecule has 7 rings (SSSR count). The number of nitrogens with zero attached hydrogens (tertiary/aromatic N) is 2. The topological polar surface area (TPSA) is 234 Å². The number of nitrogens with one attached hydrogen (secondary N) is 2. The Labute approximate surface area is 297 Å². The van der Waals surface area contributed by atoms with Gasteiger partial charge in [-0.05, 0) is 80.6 Å². The molecule has 0 radical (unpaired) electrons. The second-order valence-corrected chi connectivity index (χ2v) is 14.1. The molecule has 1 fully saturated rings. The van der Waals surface area contributed by atoms with Crippen LogP contribution >= 0.6 is 7.82 Å². The average Bonchev–Trinajstić information content (AvgIpc) is 3.45. The molecular formula is C35H37N4O12P. The van der Waals surface area contributed by atoms with Crippen LogP contribution in [0.1, 0.15) is 34.3 Å². The highest BCUT2D eigenvalue weighted by Crippen LogP contribution is 2.63. The minimum absolute atomic E-state index is 0.0329. The van der Waals surface area contributed by atoms with E-state index in [1.165, 1.54) is 23.8 Å². The number of ether oxygens (including phenoxy) is 2. The molecule has 0 saturated carbocycles. The summed E-state index contributed by atoms with van der Waals surface area (Å²) >= 11 is 0. The first-order valence-electron chi connectivity index (χ1n) is 16.3. The summed E-state index contributed by atoms with van der Waals surface area (Å²) in [6, 6.07) is 10.6. The van der Waals surface area contributed by atoms with Crippen LogP contribution in [0, 0.1) is 5.92 Å². The number of phosphoric acid groups is 1. The van der Waals surface area contributed by atoms with Crippen LogP contribution in [-0.4, -0.2) is 99.7 Å². The fourth-order valence-corrected chi connectivity index (χ4v) is 8.08. The monoisotopic (exact) mass is 736 g/mol. The number of methoxy groups -OCH3 is 1. The number of carbonyl (C=O) groups is 4. The van der Waals surface area contributed by atoms with Crippen molar-refractivity contribution in [2.75, 3.05) is 32.7 Å². The molecule has 2 aromatic rings. The summed E-state index contributed by atoms with van der Waals surface area (Å²) in [5.41, 5.74) is 5.53. The predicted octanol–water partition coefficient (Wildman–Crippen LogP) is 2.43. The lowest BCUT2D eigenvalue weighted by atomic mass is 9.53. The summed E-state index contributed by atoms with van der Waals surface area (Å²) in [4.78, 5) is 65.7. The molecule has 2 aromatic carbocycles. The predicted molar refractivity (Wildman–Crippen MR) is 185 cm³/mol. The number of phosphoric ester groups is 1. The summed E-state index contributed by atoms with van der Waals surface area (Å²) in [6.07, 6.45) is 7.87.